The second-order valence-electron chi connectivity index (χ2n) is 4.36. The summed E-state index contributed by atoms with van der Waals surface area (Å²) in [4.78, 5) is 2.41. The maximum absolute atomic E-state index is 5.43. The first-order valence-corrected chi connectivity index (χ1v) is 5.99. The SMILES string of the molecule is [CH2]CN1CCC(c2ccccc2OC)CC1. The van der Waals surface area contributed by atoms with Gasteiger partial charge in [-0.1, -0.05) is 18.2 Å². The third kappa shape index (κ3) is 2.38. The van der Waals surface area contributed by atoms with Gasteiger partial charge in [-0.2, -0.15) is 0 Å². The predicted molar refractivity (Wildman–Crippen MR) is 66.8 cm³/mol. The smallest absolute Gasteiger partial charge is 0.122 e. The van der Waals surface area contributed by atoms with Crippen LogP contribution >= 0.6 is 0 Å². The number of piperidine rings is 1. The molecule has 1 aromatic carbocycles. The molecule has 1 aliphatic rings. The summed E-state index contributed by atoms with van der Waals surface area (Å²) in [6.45, 7) is 7.19. The highest BCUT2D eigenvalue weighted by atomic mass is 16.5. The number of ether oxygens (including phenoxy) is 1. The lowest BCUT2D eigenvalue weighted by atomic mass is 9.89. The van der Waals surface area contributed by atoms with E-state index >= 15 is 0 Å². The Bertz CT molecular complexity index is 329. The van der Waals surface area contributed by atoms with Gasteiger partial charge in [-0.25, -0.2) is 0 Å². The molecule has 2 rings (SSSR count). The Hall–Kier alpha value is -1.02. The van der Waals surface area contributed by atoms with Gasteiger partial charge in [0.1, 0.15) is 5.75 Å². The van der Waals surface area contributed by atoms with Crippen molar-refractivity contribution in [3.8, 4) is 5.75 Å². The lowest BCUT2D eigenvalue weighted by molar-refractivity contribution is 0.229. The number of nitrogens with zero attached hydrogens (tertiary/aromatic N) is 1. The first-order chi connectivity index (χ1) is 7.85. The molecule has 0 atom stereocenters. The first-order valence-electron chi connectivity index (χ1n) is 5.99. The molecule has 0 aliphatic carbocycles. The third-order valence-electron chi connectivity index (χ3n) is 3.48. The van der Waals surface area contributed by atoms with Crippen molar-refractivity contribution in [1.82, 2.24) is 4.90 Å². The minimum absolute atomic E-state index is 0.652. The molecule has 2 heteroatoms. The van der Waals surface area contributed by atoms with E-state index in [1.54, 1.807) is 7.11 Å². The van der Waals surface area contributed by atoms with E-state index in [-0.39, 0.29) is 0 Å². The molecule has 1 fully saturated rings. The van der Waals surface area contributed by atoms with Crippen LogP contribution in [0.15, 0.2) is 24.3 Å². The lowest BCUT2D eigenvalue weighted by Gasteiger charge is -2.31. The summed E-state index contributed by atoms with van der Waals surface area (Å²) in [5.41, 5.74) is 1.37. The normalized spacial score (nSPS) is 18.6. The fraction of sp³-hybridized carbons (Fsp3) is 0.500. The van der Waals surface area contributed by atoms with Crippen molar-refractivity contribution >= 4 is 0 Å². The van der Waals surface area contributed by atoms with E-state index in [0.717, 1.165) is 25.4 Å². The topological polar surface area (TPSA) is 12.5 Å². The molecule has 0 N–H and O–H groups in total. The van der Waals surface area contributed by atoms with E-state index in [0.29, 0.717) is 5.92 Å². The summed E-state index contributed by atoms with van der Waals surface area (Å²) in [5, 5.41) is 0. The van der Waals surface area contributed by atoms with Crippen LogP contribution in [0.5, 0.6) is 5.75 Å². The van der Waals surface area contributed by atoms with Crippen LogP contribution < -0.4 is 4.74 Å². The molecule has 0 spiro atoms. The van der Waals surface area contributed by atoms with Gasteiger partial charge in [-0.3, -0.25) is 0 Å². The van der Waals surface area contributed by atoms with Crippen LogP contribution in [0.4, 0.5) is 0 Å². The molecular formula is C14H20NO. The maximum Gasteiger partial charge on any atom is 0.122 e. The zero-order chi connectivity index (χ0) is 11.4. The second-order valence-corrected chi connectivity index (χ2v) is 4.36. The van der Waals surface area contributed by atoms with E-state index in [1.807, 2.05) is 6.07 Å². The minimum Gasteiger partial charge on any atom is -0.496 e. The second kappa shape index (κ2) is 5.35. The third-order valence-corrected chi connectivity index (χ3v) is 3.48. The number of hydrogen-bond acceptors (Lipinski definition) is 2. The summed E-state index contributed by atoms with van der Waals surface area (Å²) >= 11 is 0. The molecule has 16 heavy (non-hydrogen) atoms. The van der Waals surface area contributed by atoms with Gasteiger partial charge in [0.25, 0.3) is 0 Å². The first kappa shape index (κ1) is 11.5. The number of methoxy groups -OCH3 is 1. The Balaban J connectivity index is 2.07. The number of likely N-dealkylation sites (tertiary alicyclic amines) is 1. The average molecular weight is 218 g/mol. The molecule has 1 aliphatic heterocycles. The number of hydrogen-bond donors (Lipinski definition) is 0. The van der Waals surface area contributed by atoms with Crippen molar-refractivity contribution in [1.29, 1.82) is 0 Å². The monoisotopic (exact) mass is 218 g/mol. The molecule has 1 radical (unpaired) electrons. The van der Waals surface area contributed by atoms with Crippen molar-refractivity contribution in [3.63, 3.8) is 0 Å². The molecule has 1 saturated heterocycles. The molecule has 87 valence electrons. The molecule has 2 nitrogen and oxygen atoms in total. The molecule has 0 unspecified atom stereocenters. The highest BCUT2D eigenvalue weighted by Gasteiger charge is 2.21. The molecule has 0 bridgehead atoms. The largest absolute Gasteiger partial charge is 0.496 e. The van der Waals surface area contributed by atoms with Gasteiger partial charge in [0.05, 0.1) is 7.11 Å². The van der Waals surface area contributed by atoms with E-state index in [1.165, 1.54) is 18.4 Å². The zero-order valence-corrected chi connectivity index (χ0v) is 9.98. The summed E-state index contributed by atoms with van der Waals surface area (Å²) in [6.07, 6.45) is 2.44. The Morgan fingerprint density at radius 1 is 1.31 bits per heavy atom. The van der Waals surface area contributed by atoms with Crippen LogP contribution in [0.1, 0.15) is 24.3 Å². The van der Waals surface area contributed by atoms with Crippen LogP contribution in [0.3, 0.4) is 0 Å². The predicted octanol–water partition coefficient (Wildman–Crippen LogP) is 2.71. The Morgan fingerprint density at radius 3 is 2.62 bits per heavy atom. The highest BCUT2D eigenvalue weighted by Crippen LogP contribution is 2.33. The maximum atomic E-state index is 5.43. The van der Waals surface area contributed by atoms with Gasteiger partial charge in [0.2, 0.25) is 0 Å². The van der Waals surface area contributed by atoms with Crippen molar-refractivity contribution in [2.24, 2.45) is 0 Å². The van der Waals surface area contributed by atoms with Crippen molar-refractivity contribution in [2.45, 2.75) is 18.8 Å². The van der Waals surface area contributed by atoms with E-state index < -0.39 is 0 Å². The lowest BCUT2D eigenvalue weighted by Crippen LogP contribution is -2.32. The highest BCUT2D eigenvalue weighted by molar-refractivity contribution is 5.36. The number of benzene rings is 1. The molecular weight excluding hydrogens is 198 g/mol. The Labute approximate surface area is 98.2 Å². The van der Waals surface area contributed by atoms with E-state index in [9.17, 15) is 0 Å². The van der Waals surface area contributed by atoms with Crippen molar-refractivity contribution in [3.05, 3.63) is 36.8 Å². The summed E-state index contributed by atoms with van der Waals surface area (Å²) in [6, 6.07) is 8.39. The van der Waals surface area contributed by atoms with E-state index in [2.05, 4.69) is 30.0 Å². The van der Waals surface area contributed by atoms with Crippen LogP contribution in [-0.2, 0) is 0 Å². The average Bonchev–Trinajstić information content (AvgIpc) is 2.39. The van der Waals surface area contributed by atoms with Gasteiger partial charge in [0, 0.05) is 0 Å². The molecule has 1 aromatic rings. The Morgan fingerprint density at radius 2 is 2.00 bits per heavy atom. The molecule has 1 heterocycles. The summed E-state index contributed by atoms with van der Waals surface area (Å²) < 4.78 is 5.43. The van der Waals surface area contributed by atoms with Gasteiger partial charge in [0.15, 0.2) is 0 Å². The van der Waals surface area contributed by atoms with Gasteiger partial charge < -0.3 is 9.64 Å². The quantitative estimate of drug-likeness (QED) is 0.773. The molecule has 0 amide bonds. The van der Waals surface area contributed by atoms with Crippen LogP contribution in [0.25, 0.3) is 0 Å². The molecule has 0 aromatic heterocycles. The van der Waals surface area contributed by atoms with Gasteiger partial charge >= 0.3 is 0 Å². The summed E-state index contributed by atoms with van der Waals surface area (Å²) in [7, 11) is 1.75. The van der Waals surface area contributed by atoms with Crippen molar-refractivity contribution in [2.75, 3.05) is 26.7 Å². The van der Waals surface area contributed by atoms with Crippen LogP contribution in [0.2, 0.25) is 0 Å². The Kier molecular flexibility index (Phi) is 3.83. The fourth-order valence-electron chi connectivity index (χ4n) is 2.47. The summed E-state index contributed by atoms with van der Waals surface area (Å²) in [5.74, 6) is 1.69. The van der Waals surface area contributed by atoms with Crippen LogP contribution in [-0.4, -0.2) is 31.6 Å². The standard InChI is InChI=1S/C14H20NO/c1-3-15-10-8-12(9-11-15)13-6-4-5-7-14(13)16-2/h4-7,12H,1,3,8-11H2,2H3. The number of para-hydroxylation sites is 1. The van der Waals surface area contributed by atoms with Crippen LogP contribution in [0, 0.1) is 6.92 Å². The fourth-order valence-corrected chi connectivity index (χ4v) is 2.47. The van der Waals surface area contributed by atoms with Gasteiger partial charge in [-0.15, -0.1) is 0 Å². The van der Waals surface area contributed by atoms with Gasteiger partial charge in [-0.05, 0) is 56.9 Å². The van der Waals surface area contributed by atoms with E-state index in [4.69, 9.17) is 4.74 Å². The minimum atomic E-state index is 0.652. The number of rotatable bonds is 3. The molecule has 0 saturated carbocycles. The van der Waals surface area contributed by atoms with Crippen molar-refractivity contribution < 1.29 is 4.74 Å². The zero-order valence-electron chi connectivity index (χ0n) is 9.98.